The summed E-state index contributed by atoms with van der Waals surface area (Å²) in [6.45, 7) is 11.7. The molecule has 2 aromatic carbocycles. The summed E-state index contributed by atoms with van der Waals surface area (Å²) in [5.41, 5.74) is -1.70. The number of imide groups is 1. The standard InChI is InChI=1S/C29H29F3N6O5S/c1-19-25(34-2)26(23-9-8-20(18-33)16-24(23)44(4,41)42)38(27(39)36-12-10-35(11-13-36)14-15-43-3)28(40)37(19)22-7-5-6-21(17-22)29(30,31)32/h5-9,16-17,26H,10-15H2,1,3-4H3/t26-/m1/s1. The molecule has 2 heterocycles. The third-order valence-corrected chi connectivity index (χ3v) is 8.62. The number of ether oxygens (including phenoxy) is 1. The van der Waals surface area contributed by atoms with Crippen LogP contribution in [0.1, 0.15) is 29.7 Å². The molecule has 0 saturated carbocycles. The summed E-state index contributed by atoms with van der Waals surface area (Å²) < 4.78 is 71.7. The molecule has 0 bridgehead atoms. The van der Waals surface area contributed by atoms with E-state index in [1.165, 1.54) is 30.0 Å². The molecule has 0 aliphatic carbocycles. The summed E-state index contributed by atoms with van der Waals surface area (Å²) in [5.74, 6) is 0. The Morgan fingerprint density at radius 3 is 2.41 bits per heavy atom. The minimum absolute atomic E-state index is 0.00276. The molecule has 0 unspecified atom stereocenters. The van der Waals surface area contributed by atoms with E-state index >= 15 is 0 Å². The van der Waals surface area contributed by atoms with Gasteiger partial charge in [-0.15, -0.1) is 0 Å². The summed E-state index contributed by atoms with van der Waals surface area (Å²) in [6, 6.07) is 6.01. The van der Waals surface area contributed by atoms with Gasteiger partial charge >= 0.3 is 18.2 Å². The minimum Gasteiger partial charge on any atom is -0.383 e. The maximum atomic E-state index is 14.3. The van der Waals surface area contributed by atoms with Gasteiger partial charge in [-0.3, -0.25) is 9.80 Å². The summed E-state index contributed by atoms with van der Waals surface area (Å²) in [7, 11) is -2.49. The van der Waals surface area contributed by atoms with Crippen molar-refractivity contribution in [2.24, 2.45) is 0 Å². The minimum atomic E-state index is -4.73. The smallest absolute Gasteiger partial charge is 0.383 e. The number of nitrogens with zero attached hydrogens (tertiary/aromatic N) is 6. The van der Waals surface area contributed by atoms with Crippen LogP contribution in [0.4, 0.5) is 28.4 Å². The van der Waals surface area contributed by atoms with E-state index in [-0.39, 0.29) is 46.2 Å². The molecule has 15 heteroatoms. The second-order valence-corrected chi connectivity index (χ2v) is 12.2. The third-order valence-electron chi connectivity index (χ3n) is 7.47. The van der Waals surface area contributed by atoms with Crippen molar-refractivity contribution in [1.82, 2.24) is 14.7 Å². The molecular formula is C29H29F3N6O5S. The van der Waals surface area contributed by atoms with Crippen LogP contribution in [0.3, 0.4) is 0 Å². The van der Waals surface area contributed by atoms with Crippen molar-refractivity contribution in [2.45, 2.75) is 24.0 Å². The molecule has 4 amide bonds. The van der Waals surface area contributed by atoms with Gasteiger partial charge in [0.25, 0.3) is 0 Å². The predicted molar refractivity (Wildman–Crippen MR) is 153 cm³/mol. The number of anilines is 1. The van der Waals surface area contributed by atoms with E-state index < -0.39 is 39.7 Å². The molecule has 4 rings (SSSR count). The van der Waals surface area contributed by atoms with Crippen molar-refractivity contribution in [2.75, 3.05) is 57.6 Å². The van der Waals surface area contributed by atoms with Crippen molar-refractivity contribution in [3.05, 3.63) is 82.0 Å². The highest BCUT2D eigenvalue weighted by atomic mass is 32.2. The number of benzene rings is 2. The zero-order chi connectivity index (χ0) is 32.4. The molecule has 11 nitrogen and oxygen atoms in total. The van der Waals surface area contributed by atoms with E-state index in [1.54, 1.807) is 7.11 Å². The quantitative estimate of drug-likeness (QED) is 0.432. The molecule has 2 aromatic rings. The first-order valence-corrected chi connectivity index (χ1v) is 15.2. The fourth-order valence-corrected chi connectivity index (χ4v) is 6.18. The van der Waals surface area contributed by atoms with Crippen molar-refractivity contribution >= 4 is 27.6 Å². The van der Waals surface area contributed by atoms with Gasteiger partial charge in [-0.2, -0.15) is 18.4 Å². The Morgan fingerprint density at radius 2 is 1.84 bits per heavy atom. The predicted octanol–water partition coefficient (Wildman–Crippen LogP) is 4.50. The van der Waals surface area contributed by atoms with Gasteiger partial charge in [-0.25, -0.2) is 27.8 Å². The second kappa shape index (κ2) is 12.7. The Hall–Kier alpha value is -4.44. The van der Waals surface area contributed by atoms with E-state index in [9.17, 15) is 36.4 Å². The van der Waals surface area contributed by atoms with Gasteiger partial charge < -0.3 is 9.64 Å². The lowest BCUT2D eigenvalue weighted by Crippen LogP contribution is -2.59. The van der Waals surface area contributed by atoms with E-state index in [0.29, 0.717) is 26.2 Å². The van der Waals surface area contributed by atoms with Gasteiger partial charge in [-0.05, 0) is 42.8 Å². The Labute approximate surface area is 253 Å². The number of carbonyl (C=O) groups excluding carboxylic acids is 2. The Morgan fingerprint density at radius 1 is 1.16 bits per heavy atom. The molecule has 1 atom stereocenters. The van der Waals surface area contributed by atoms with Gasteiger partial charge in [-0.1, -0.05) is 12.1 Å². The number of alkyl halides is 3. The number of rotatable bonds is 6. The van der Waals surface area contributed by atoms with E-state index in [2.05, 4.69) is 9.74 Å². The number of methoxy groups -OCH3 is 1. The van der Waals surface area contributed by atoms with Crippen molar-refractivity contribution in [3.8, 4) is 6.07 Å². The van der Waals surface area contributed by atoms with Crippen LogP contribution >= 0.6 is 0 Å². The Bertz CT molecular complexity index is 1690. The highest BCUT2D eigenvalue weighted by Crippen LogP contribution is 2.43. The molecule has 0 aromatic heterocycles. The lowest BCUT2D eigenvalue weighted by atomic mass is 9.97. The molecule has 0 N–H and O–H groups in total. The number of carbonyl (C=O) groups is 2. The Balaban J connectivity index is 1.91. The third kappa shape index (κ3) is 6.40. The monoisotopic (exact) mass is 630 g/mol. The number of allylic oxidation sites excluding steroid dienone is 1. The van der Waals surface area contributed by atoms with Gasteiger partial charge in [0.1, 0.15) is 6.04 Å². The summed E-state index contributed by atoms with van der Waals surface area (Å²) in [4.78, 5) is 36.7. The average Bonchev–Trinajstić information content (AvgIpc) is 2.98. The first-order chi connectivity index (χ1) is 20.7. The van der Waals surface area contributed by atoms with Crippen LogP contribution < -0.4 is 4.90 Å². The van der Waals surface area contributed by atoms with Gasteiger partial charge in [0.05, 0.1) is 35.3 Å². The summed E-state index contributed by atoms with van der Waals surface area (Å²) >= 11 is 0. The van der Waals surface area contributed by atoms with Crippen LogP contribution in [-0.2, 0) is 20.8 Å². The highest BCUT2D eigenvalue weighted by molar-refractivity contribution is 7.90. The zero-order valence-electron chi connectivity index (χ0n) is 24.1. The number of hydrogen-bond acceptors (Lipinski definition) is 7. The SMILES string of the molecule is [C-]#[N+]C1=C(C)N(c2cccc(C(F)(F)F)c2)C(=O)N(C(=O)N2CCN(CCOC)CC2)[C@@H]1c1ccc(C#N)cc1S(C)(=O)=O. The highest BCUT2D eigenvalue weighted by Gasteiger charge is 2.47. The van der Waals surface area contributed by atoms with Crippen LogP contribution in [-0.4, -0.2) is 87.9 Å². The number of halogens is 3. The molecule has 1 saturated heterocycles. The largest absolute Gasteiger partial charge is 0.416 e. The van der Waals surface area contributed by atoms with Crippen LogP contribution in [0.15, 0.2) is 58.8 Å². The molecule has 44 heavy (non-hydrogen) atoms. The first kappa shape index (κ1) is 32.5. The molecule has 2 aliphatic rings. The van der Waals surface area contributed by atoms with Crippen molar-refractivity contribution < 1.29 is 35.9 Å². The molecule has 0 radical (unpaired) electrons. The molecule has 232 valence electrons. The fourth-order valence-electron chi connectivity index (χ4n) is 5.23. The van der Waals surface area contributed by atoms with Crippen LogP contribution in [0.2, 0.25) is 0 Å². The lowest BCUT2D eigenvalue weighted by molar-refractivity contribution is -0.137. The zero-order valence-corrected chi connectivity index (χ0v) is 24.9. The van der Waals surface area contributed by atoms with Crippen LogP contribution in [0.25, 0.3) is 4.85 Å². The number of urea groups is 2. The van der Waals surface area contributed by atoms with Crippen molar-refractivity contribution in [3.63, 3.8) is 0 Å². The molecular weight excluding hydrogens is 601 g/mol. The van der Waals surface area contributed by atoms with Crippen LogP contribution in [0, 0.1) is 17.9 Å². The number of sulfone groups is 1. The first-order valence-electron chi connectivity index (χ1n) is 13.4. The maximum absolute atomic E-state index is 14.3. The summed E-state index contributed by atoms with van der Waals surface area (Å²) in [5, 5.41) is 9.41. The lowest BCUT2D eigenvalue weighted by Gasteiger charge is -2.44. The maximum Gasteiger partial charge on any atom is 0.416 e. The number of nitriles is 1. The van der Waals surface area contributed by atoms with E-state index in [0.717, 1.165) is 40.3 Å². The number of piperazine rings is 1. The Kier molecular flexibility index (Phi) is 9.34. The van der Waals surface area contributed by atoms with Gasteiger partial charge in [0, 0.05) is 57.5 Å². The van der Waals surface area contributed by atoms with Crippen LogP contribution in [0.5, 0.6) is 0 Å². The normalized spacial score (nSPS) is 18.3. The number of amides is 4. The van der Waals surface area contributed by atoms with Gasteiger partial charge in [0.2, 0.25) is 5.70 Å². The summed E-state index contributed by atoms with van der Waals surface area (Å²) in [6.07, 6.45) is -3.84. The topological polar surface area (TPSA) is 119 Å². The molecule has 0 spiro atoms. The average molecular weight is 631 g/mol. The number of hydrogen-bond donors (Lipinski definition) is 0. The fraction of sp³-hybridized carbons (Fsp3) is 0.379. The second-order valence-electron chi connectivity index (χ2n) is 10.3. The van der Waals surface area contributed by atoms with E-state index in [1.807, 2.05) is 6.07 Å². The van der Waals surface area contributed by atoms with Gasteiger partial charge in [0.15, 0.2) is 9.84 Å². The molecule has 2 aliphatic heterocycles. The van der Waals surface area contributed by atoms with Crippen molar-refractivity contribution in [1.29, 1.82) is 5.26 Å². The molecule has 1 fully saturated rings. The van der Waals surface area contributed by atoms with E-state index in [4.69, 9.17) is 11.3 Å².